The van der Waals surface area contributed by atoms with Crippen LogP contribution in [0.2, 0.25) is 0 Å². The molecule has 1 N–H and O–H groups in total. The van der Waals surface area contributed by atoms with Gasteiger partial charge in [0, 0.05) is 0 Å². The minimum absolute atomic E-state index is 0.0717. The van der Waals surface area contributed by atoms with Crippen molar-refractivity contribution < 1.29 is 18.8 Å². The number of ether oxygens (including phenoxy) is 1. The molecule has 3 aliphatic rings. The summed E-state index contributed by atoms with van der Waals surface area (Å²) in [5.74, 6) is 1.34. The molecule has 2 aliphatic heterocycles. The highest BCUT2D eigenvalue weighted by atomic mass is 19.1. The third-order valence-corrected chi connectivity index (χ3v) is 10.2. The van der Waals surface area contributed by atoms with Crippen LogP contribution in [0.5, 0.6) is 11.6 Å². The Kier molecular flexibility index (Phi) is 9.76. The highest BCUT2D eigenvalue weighted by Crippen LogP contribution is 2.43. The molecule has 2 unspecified atom stereocenters. The highest BCUT2D eigenvalue weighted by molar-refractivity contribution is 6.14. The maximum Gasteiger partial charge on any atom is 0.250 e. The minimum atomic E-state index is -0.396. The van der Waals surface area contributed by atoms with Gasteiger partial charge in [0.25, 0.3) is 0 Å². The summed E-state index contributed by atoms with van der Waals surface area (Å²) in [5.41, 5.74) is 12.6. The van der Waals surface area contributed by atoms with E-state index in [9.17, 15) is 0 Å². The second-order valence-corrected chi connectivity index (χ2v) is 14.6. The molecular weight excluding hydrogens is 684 g/mol. The van der Waals surface area contributed by atoms with Gasteiger partial charge in [-0.25, -0.2) is 9.87 Å². The summed E-state index contributed by atoms with van der Waals surface area (Å²) in [5, 5.41) is 22.4. The molecule has 54 heavy (non-hydrogen) atoms. The smallest absolute Gasteiger partial charge is 0.250 e. The average Bonchev–Trinajstić information content (AvgIpc) is 4.01. The Morgan fingerprint density at radius 3 is 2.33 bits per heavy atom. The zero-order valence-electron chi connectivity index (χ0n) is 31.1. The summed E-state index contributed by atoms with van der Waals surface area (Å²) in [6, 6.07) is 21.4. The molecule has 8 rings (SSSR count). The number of aromatic nitrogens is 4. The Labute approximate surface area is 314 Å². The lowest BCUT2D eigenvalue weighted by Crippen LogP contribution is -2.49. The molecule has 5 aromatic rings. The van der Waals surface area contributed by atoms with Crippen LogP contribution in [0.15, 0.2) is 83.1 Å². The fourth-order valence-corrected chi connectivity index (χ4v) is 7.24. The molecule has 4 heterocycles. The largest absolute Gasteiger partial charge is 0.434 e. The lowest BCUT2D eigenvalue weighted by atomic mass is 9.97. The van der Waals surface area contributed by atoms with Gasteiger partial charge >= 0.3 is 0 Å². The molecule has 0 saturated heterocycles. The number of hydroxylamine groups is 1. The zero-order valence-corrected chi connectivity index (χ0v) is 31.1. The Morgan fingerprint density at radius 2 is 1.59 bits per heavy atom. The molecule has 12 heteroatoms. The van der Waals surface area contributed by atoms with Crippen LogP contribution in [0, 0.1) is 40.4 Å². The third kappa shape index (κ3) is 7.38. The Balaban J connectivity index is 1.22. The lowest BCUT2D eigenvalue weighted by molar-refractivity contribution is 0.0624. The van der Waals surface area contributed by atoms with E-state index in [1.165, 1.54) is 22.3 Å². The number of nitrogens with one attached hydrogen (secondary N) is 1. The summed E-state index contributed by atoms with van der Waals surface area (Å²) in [4.78, 5) is 19.1. The normalized spacial score (nSPS) is 18.4. The van der Waals surface area contributed by atoms with Crippen LogP contribution in [-0.4, -0.2) is 57.4 Å². The van der Waals surface area contributed by atoms with Gasteiger partial charge in [0.15, 0.2) is 29.1 Å². The van der Waals surface area contributed by atoms with Gasteiger partial charge in [-0.05, 0) is 112 Å². The number of aryl methyl sites for hydroxylation is 5. The summed E-state index contributed by atoms with van der Waals surface area (Å²) in [6.45, 7) is 10.9. The number of benzene rings is 3. The third-order valence-electron chi connectivity index (χ3n) is 10.2. The predicted octanol–water partition coefficient (Wildman–Crippen LogP) is 7.32. The molecule has 276 valence electrons. The second kappa shape index (κ2) is 14.9. The van der Waals surface area contributed by atoms with Gasteiger partial charge in [-0.2, -0.15) is 10.2 Å². The lowest BCUT2D eigenvalue weighted by Gasteiger charge is -2.37. The molecule has 2 atom stereocenters. The summed E-state index contributed by atoms with van der Waals surface area (Å²) in [7, 11) is 0. The van der Waals surface area contributed by atoms with E-state index in [4.69, 9.17) is 24.5 Å². The number of halogens is 1. The van der Waals surface area contributed by atoms with Crippen molar-refractivity contribution in [3.8, 4) is 11.6 Å². The van der Waals surface area contributed by atoms with Crippen LogP contribution in [-0.2, 0) is 22.5 Å². The van der Waals surface area contributed by atoms with Crippen molar-refractivity contribution in [2.75, 3.05) is 18.1 Å². The van der Waals surface area contributed by atoms with E-state index in [1.807, 2.05) is 30.0 Å². The number of hydrogen-bond acceptors (Lipinski definition) is 11. The molecule has 3 aromatic carbocycles. The molecule has 0 amide bonds. The first kappa shape index (κ1) is 35.3. The van der Waals surface area contributed by atoms with E-state index in [-0.39, 0.29) is 36.2 Å². The summed E-state index contributed by atoms with van der Waals surface area (Å²) < 4.78 is 22.1. The van der Waals surface area contributed by atoms with E-state index in [1.54, 1.807) is 18.3 Å². The first-order chi connectivity index (χ1) is 26.2. The number of oxime groups is 1. The first-order valence-corrected chi connectivity index (χ1v) is 18.4. The van der Waals surface area contributed by atoms with Gasteiger partial charge < -0.3 is 9.57 Å². The van der Waals surface area contributed by atoms with Gasteiger partial charge in [-0.1, -0.05) is 64.8 Å². The molecule has 0 spiro atoms. The number of anilines is 1. The maximum absolute atomic E-state index is 15.8. The molecule has 2 aromatic heterocycles. The van der Waals surface area contributed by atoms with Crippen LogP contribution in [0.3, 0.4) is 0 Å². The second-order valence-electron chi connectivity index (χ2n) is 14.6. The maximum atomic E-state index is 15.8. The molecule has 1 fully saturated rings. The van der Waals surface area contributed by atoms with Crippen LogP contribution in [0.4, 0.5) is 10.2 Å². The molecular formula is C42H43FN8O3. The van der Waals surface area contributed by atoms with Gasteiger partial charge in [0.2, 0.25) is 5.88 Å². The van der Waals surface area contributed by atoms with Crippen LogP contribution >= 0.6 is 0 Å². The number of rotatable bonds is 10. The van der Waals surface area contributed by atoms with Crippen LogP contribution < -0.4 is 15.1 Å². The summed E-state index contributed by atoms with van der Waals surface area (Å²) in [6.07, 6.45) is 4.86. The van der Waals surface area contributed by atoms with Crippen LogP contribution in [0.1, 0.15) is 74.5 Å². The van der Waals surface area contributed by atoms with Crippen molar-refractivity contribution in [2.45, 2.75) is 78.3 Å². The molecule has 1 saturated carbocycles. The fraction of sp³-hybridized carbons (Fsp3) is 0.333. The molecule has 0 radical (unpaired) electrons. The number of amidine groups is 2. The van der Waals surface area contributed by atoms with E-state index in [0.29, 0.717) is 59.3 Å². The summed E-state index contributed by atoms with van der Waals surface area (Å²) >= 11 is 0. The van der Waals surface area contributed by atoms with Gasteiger partial charge in [0.1, 0.15) is 6.61 Å². The fourth-order valence-electron chi connectivity index (χ4n) is 7.24. The van der Waals surface area contributed by atoms with E-state index in [0.717, 1.165) is 24.0 Å². The molecule has 11 nitrogen and oxygen atoms in total. The first-order valence-electron chi connectivity index (χ1n) is 18.4. The van der Waals surface area contributed by atoms with Crippen molar-refractivity contribution in [3.05, 3.63) is 135 Å². The molecule has 0 bridgehead atoms. The van der Waals surface area contributed by atoms with E-state index in [2.05, 4.69) is 90.0 Å². The Bertz CT molecular complexity index is 2270. The number of aliphatic imine (C=N–C) groups is 1. The predicted molar refractivity (Wildman–Crippen MR) is 205 cm³/mol. The minimum Gasteiger partial charge on any atom is -0.434 e. The highest BCUT2D eigenvalue weighted by Gasteiger charge is 2.37. The zero-order chi connectivity index (χ0) is 37.3. The van der Waals surface area contributed by atoms with Crippen molar-refractivity contribution in [1.29, 1.82) is 0 Å². The van der Waals surface area contributed by atoms with Crippen molar-refractivity contribution in [3.63, 3.8) is 0 Å². The van der Waals surface area contributed by atoms with Crippen molar-refractivity contribution in [1.82, 2.24) is 25.9 Å². The van der Waals surface area contributed by atoms with Gasteiger partial charge in [0.05, 0.1) is 41.7 Å². The quantitative estimate of drug-likeness (QED) is 0.158. The number of hydrogen-bond donors (Lipinski definition) is 1. The number of nitrogens with zero attached hydrogens (tertiary/aromatic N) is 7. The monoisotopic (exact) mass is 726 g/mol. The Hall–Kier alpha value is -5.75. The van der Waals surface area contributed by atoms with Crippen molar-refractivity contribution in [2.24, 2.45) is 10.1 Å². The van der Waals surface area contributed by atoms with Crippen molar-refractivity contribution >= 4 is 17.5 Å². The standard InChI is InChI=1S/C42H43FN8O3/c1-24-9-11-30(26(3)17-24)20-32-22-52-49-39(45-32)35-15-16-44-47-40(35)51-33(21-31-12-10-25(2)18-27(31)4)23-53-50-41(51)36-19-28(5)46-48-42(36)54-37-8-6-7-34(38(37)43)29-13-14-29/h6-12,15-19,29,32-33H,13-14,20-23H2,1-5H3,(H,45,49). The Morgan fingerprint density at radius 1 is 0.833 bits per heavy atom. The SMILES string of the molecule is Cc1ccc(CC2CONC(c3ccnnc3N3C(c4cc(C)nnc4Oc4cccc(C5CC5)c4F)=NOCC3Cc3ccc(C)cc3C)=N2)c(C)c1. The van der Waals surface area contributed by atoms with Crippen LogP contribution in [0.25, 0.3) is 0 Å². The van der Waals surface area contributed by atoms with E-state index >= 15 is 4.39 Å². The van der Waals surface area contributed by atoms with Gasteiger partial charge in [-0.3, -0.25) is 14.7 Å². The molecule has 1 aliphatic carbocycles. The van der Waals surface area contributed by atoms with E-state index < -0.39 is 5.82 Å². The average molecular weight is 727 g/mol. The van der Waals surface area contributed by atoms with Gasteiger partial charge in [-0.15, -0.1) is 10.2 Å². The topological polar surface area (TPSA) is 119 Å².